The molecule has 1 unspecified atom stereocenters. The van der Waals surface area contributed by atoms with Gasteiger partial charge in [-0.15, -0.1) is 0 Å². The van der Waals surface area contributed by atoms with Crippen LogP contribution >= 0.6 is 0 Å². The molecule has 138 valence electrons. The first kappa shape index (κ1) is 18.7. The Morgan fingerprint density at radius 2 is 1.89 bits per heavy atom. The summed E-state index contributed by atoms with van der Waals surface area (Å²) >= 11 is 0. The lowest BCUT2D eigenvalue weighted by atomic mass is 10.1. The van der Waals surface area contributed by atoms with Crippen molar-refractivity contribution in [3.63, 3.8) is 0 Å². The summed E-state index contributed by atoms with van der Waals surface area (Å²) in [5.41, 5.74) is 3.44. The maximum absolute atomic E-state index is 12.1. The van der Waals surface area contributed by atoms with Crippen LogP contribution in [0.3, 0.4) is 0 Å². The molecular weight excluding hydrogens is 336 g/mol. The molecule has 2 aromatic rings. The van der Waals surface area contributed by atoms with Crippen LogP contribution in [0.25, 0.3) is 6.08 Å². The highest BCUT2D eigenvalue weighted by Gasteiger charge is 2.23. The number of hydrogen-bond donors (Lipinski definition) is 1. The Balaban J connectivity index is 1.55. The zero-order chi connectivity index (χ0) is 19.2. The van der Waals surface area contributed by atoms with Crippen LogP contribution < -0.4 is 10.2 Å². The van der Waals surface area contributed by atoms with E-state index in [1.54, 1.807) is 18.2 Å². The maximum Gasteiger partial charge on any atom is 0.248 e. The fourth-order valence-corrected chi connectivity index (χ4v) is 3.18. The largest absolute Gasteiger partial charge is 0.370 e. The van der Waals surface area contributed by atoms with Crippen LogP contribution in [0.5, 0.6) is 0 Å². The smallest absolute Gasteiger partial charge is 0.248 e. The zero-order valence-electron chi connectivity index (χ0n) is 15.7. The number of nitrogens with one attached hydrogen (secondary N) is 1. The Morgan fingerprint density at radius 3 is 2.48 bits per heavy atom. The van der Waals surface area contributed by atoms with Gasteiger partial charge in [0.25, 0.3) is 0 Å². The van der Waals surface area contributed by atoms with E-state index in [0.717, 1.165) is 24.3 Å². The van der Waals surface area contributed by atoms with Crippen molar-refractivity contribution in [2.24, 2.45) is 0 Å². The van der Waals surface area contributed by atoms with Gasteiger partial charge in [-0.3, -0.25) is 4.79 Å². The highest BCUT2D eigenvalue weighted by Crippen LogP contribution is 2.23. The third kappa shape index (κ3) is 4.96. The number of carbonyl (C=O) groups is 1. The maximum atomic E-state index is 12.1. The van der Waals surface area contributed by atoms with E-state index in [0.29, 0.717) is 11.6 Å². The van der Waals surface area contributed by atoms with Gasteiger partial charge in [-0.1, -0.05) is 12.1 Å². The van der Waals surface area contributed by atoms with Gasteiger partial charge >= 0.3 is 0 Å². The highest BCUT2D eigenvalue weighted by atomic mass is 16.1. The molecule has 2 aromatic carbocycles. The minimum absolute atomic E-state index is 0.180. The molecule has 1 amide bonds. The van der Waals surface area contributed by atoms with E-state index in [2.05, 4.69) is 47.4 Å². The van der Waals surface area contributed by atoms with Crippen molar-refractivity contribution in [3.05, 3.63) is 65.7 Å². The zero-order valence-corrected chi connectivity index (χ0v) is 15.7. The number of anilines is 2. The van der Waals surface area contributed by atoms with Gasteiger partial charge in [-0.25, -0.2) is 0 Å². The van der Waals surface area contributed by atoms with Crippen LogP contribution in [0.4, 0.5) is 11.4 Å². The molecule has 3 rings (SSSR count). The number of hydrogen-bond acceptors (Lipinski definition) is 4. The van der Waals surface area contributed by atoms with E-state index in [4.69, 9.17) is 5.26 Å². The Kier molecular flexibility index (Phi) is 5.90. The van der Waals surface area contributed by atoms with Crippen molar-refractivity contribution in [3.8, 4) is 6.07 Å². The molecule has 1 aliphatic heterocycles. The molecule has 0 aliphatic carbocycles. The molecule has 0 bridgehead atoms. The third-order valence-corrected chi connectivity index (χ3v) is 4.86. The normalized spacial score (nSPS) is 16.7. The molecule has 0 aromatic heterocycles. The second-order valence-corrected chi connectivity index (χ2v) is 6.96. The van der Waals surface area contributed by atoms with Crippen molar-refractivity contribution in [2.45, 2.75) is 12.5 Å². The molecule has 1 aliphatic rings. The number of likely N-dealkylation sites (N-methyl/N-ethyl adjacent to an activating group) is 1. The Morgan fingerprint density at radius 1 is 1.19 bits per heavy atom. The average Bonchev–Trinajstić information content (AvgIpc) is 3.18. The summed E-state index contributed by atoms with van der Waals surface area (Å²) in [7, 11) is 4.25. The van der Waals surface area contributed by atoms with Crippen molar-refractivity contribution < 1.29 is 4.79 Å². The standard InChI is InChI=1S/C22H24N4O/c1-25(2)21-13-14-26(16-21)20-10-8-19(9-11-20)24-22(27)12-7-17-3-5-18(15-23)6-4-17/h3-12,21H,13-14,16H2,1-2H3,(H,24,27). The fraction of sp³-hybridized carbons (Fsp3) is 0.273. The van der Waals surface area contributed by atoms with Gasteiger partial charge < -0.3 is 15.1 Å². The minimum atomic E-state index is -0.180. The second-order valence-electron chi connectivity index (χ2n) is 6.96. The first-order valence-corrected chi connectivity index (χ1v) is 9.06. The molecule has 1 heterocycles. The topological polar surface area (TPSA) is 59.4 Å². The fourth-order valence-electron chi connectivity index (χ4n) is 3.18. The number of benzene rings is 2. The minimum Gasteiger partial charge on any atom is -0.370 e. The molecule has 0 radical (unpaired) electrons. The van der Waals surface area contributed by atoms with E-state index in [9.17, 15) is 4.79 Å². The van der Waals surface area contributed by atoms with Gasteiger partial charge in [0, 0.05) is 36.6 Å². The van der Waals surface area contributed by atoms with Gasteiger partial charge in [-0.05, 0) is 68.6 Å². The molecule has 1 N–H and O–H groups in total. The molecule has 1 saturated heterocycles. The van der Waals surface area contributed by atoms with E-state index >= 15 is 0 Å². The third-order valence-electron chi connectivity index (χ3n) is 4.86. The van der Waals surface area contributed by atoms with Crippen LogP contribution in [0.1, 0.15) is 17.5 Å². The number of amides is 1. The summed E-state index contributed by atoms with van der Waals surface area (Å²) in [6.07, 6.45) is 4.40. The van der Waals surface area contributed by atoms with Gasteiger partial charge in [-0.2, -0.15) is 5.26 Å². The van der Waals surface area contributed by atoms with E-state index < -0.39 is 0 Å². The Hall–Kier alpha value is -3.10. The SMILES string of the molecule is CN(C)C1CCN(c2ccc(NC(=O)C=Cc3ccc(C#N)cc3)cc2)C1. The molecule has 1 atom stereocenters. The summed E-state index contributed by atoms with van der Waals surface area (Å²) in [6.45, 7) is 2.09. The van der Waals surface area contributed by atoms with E-state index in [1.807, 2.05) is 24.3 Å². The lowest BCUT2D eigenvalue weighted by Gasteiger charge is -2.22. The van der Waals surface area contributed by atoms with Crippen LogP contribution in [-0.4, -0.2) is 44.0 Å². The summed E-state index contributed by atoms with van der Waals surface area (Å²) in [5.74, 6) is -0.180. The van der Waals surface area contributed by atoms with Crippen molar-refractivity contribution in [1.82, 2.24) is 4.90 Å². The van der Waals surface area contributed by atoms with Crippen molar-refractivity contribution in [1.29, 1.82) is 5.26 Å². The van der Waals surface area contributed by atoms with Crippen molar-refractivity contribution in [2.75, 3.05) is 37.4 Å². The molecule has 1 fully saturated rings. The lowest BCUT2D eigenvalue weighted by molar-refractivity contribution is -0.111. The molecular formula is C22H24N4O. The Labute approximate surface area is 160 Å². The van der Waals surface area contributed by atoms with Crippen LogP contribution in [0.15, 0.2) is 54.6 Å². The molecule has 0 spiro atoms. The number of rotatable bonds is 5. The first-order valence-electron chi connectivity index (χ1n) is 9.06. The molecule has 0 saturated carbocycles. The van der Waals surface area contributed by atoms with E-state index in [-0.39, 0.29) is 5.91 Å². The molecule has 5 heteroatoms. The monoisotopic (exact) mass is 360 g/mol. The quantitative estimate of drug-likeness (QED) is 0.831. The predicted octanol–water partition coefficient (Wildman–Crippen LogP) is 3.35. The lowest BCUT2D eigenvalue weighted by Crippen LogP contribution is -2.31. The number of carbonyl (C=O) groups excluding carboxylic acids is 1. The Bertz CT molecular complexity index is 847. The van der Waals surface area contributed by atoms with Crippen LogP contribution in [-0.2, 0) is 4.79 Å². The van der Waals surface area contributed by atoms with Crippen molar-refractivity contribution >= 4 is 23.4 Å². The van der Waals surface area contributed by atoms with Gasteiger partial charge in [0.15, 0.2) is 0 Å². The van der Waals surface area contributed by atoms with Crippen LogP contribution in [0.2, 0.25) is 0 Å². The molecule has 5 nitrogen and oxygen atoms in total. The summed E-state index contributed by atoms with van der Waals surface area (Å²) in [6, 6.07) is 17.7. The number of nitriles is 1. The summed E-state index contributed by atoms with van der Waals surface area (Å²) in [5, 5.41) is 11.7. The predicted molar refractivity (Wildman–Crippen MR) is 110 cm³/mol. The van der Waals surface area contributed by atoms with Gasteiger partial charge in [0.2, 0.25) is 5.91 Å². The van der Waals surface area contributed by atoms with E-state index in [1.165, 1.54) is 18.2 Å². The summed E-state index contributed by atoms with van der Waals surface area (Å²) in [4.78, 5) is 16.8. The first-order chi connectivity index (χ1) is 13.0. The van der Waals surface area contributed by atoms with Gasteiger partial charge in [0.05, 0.1) is 11.6 Å². The second kappa shape index (κ2) is 8.52. The molecule has 27 heavy (non-hydrogen) atoms. The van der Waals surface area contributed by atoms with Gasteiger partial charge in [0.1, 0.15) is 0 Å². The highest BCUT2D eigenvalue weighted by molar-refractivity contribution is 6.02. The number of nitrogens with zero attached hydrogens (tertiary/aromatic N) is 3. The summed E-state index contributed by atoms with van der Waals surface area (Å²) < 4.78 is 0. The average molecular weight is 360 g/mol. The van der Waals surface area contributed by atoms with Crippen LogP contribution in [0, 0.1) is 11.3 Å².